The highest BCUT2D eigenvalue weighted by Gasteiger charge is 2.26. The zero-order valence-electron chi connectivity index (χ0n) is 18.4. The standard InChI is InChI=1S/C27H27N3O3/c31-17-18-5-1-4-8-25(18)28-19-11-13-30(14-12-19)16-26(32)29-20-9-10-23-24(15-20)21-6-2-3-7-22(21)27(23)33/h1-10,15,19,28,31H,11-14,16-17H2,(H,29,32). The van der Waals surface area contributed by atoms with Crippen LogP contribution in [-0.2, 0) is 11.4 Å². The van der Waals surface area contributed by atoms with E-state index >= 15 is 0 Å². The van der Waals surface area contributed by atoms with Crippen LogP contribution in [0.25, 0.3) is 11.1 Å². The van der Waals surface area contributed by atoms with Crippen molar-refractivity contribution < 1.29 is 14.7 Å². The second-order valence-electron chi connectivity index (χ2n) is 8.69. The van der Waals surface area contributed by atoms with E-state index in [1.54, 1.807) is 12.1 Å². The van der Waals surface area contributed by atoms with Crippen molar-refractivity contribution in [3.8, 4) is 11.1 Å². The number of nitrogens with one attached hydrogen (secondary N) is 2. The predicted molar refractivity (Wildman–Crippen MR) is 129 cm³/mol. The average Bonchev–Trinajstić information content (AvgIpc) is 3.12. The lowest BCUT2D eigenvalue weighted by molar-refractivity contribution is -0.117. The molecule has 5 rings (SSSR count). The maximum absolute atomic E-state index is 12.7. The molecule has 0 saturated carbocycles. The van der Waals surface area contributed by atoms with Crippen LogP contribution in [0.4, 0.5) is 11.4 Å². The summed E-state index contributed by atoms with van der Waals surface area (Å²) in [4.78, 5) is 27.4. The van der Waals surface area contributed by atoms with Gasteiger partial charge in [0.15, 0.2) is 5.78 Å². The van der Waals surface area contributed by atoms with Gasteiger partial charge in [0.05, 0.1) is 13.2 Å². The molecule has 2 aliphatic rings. The highest BCUT2D eigenvalue weighted by atomic mass is 16.3. The summed E-state index contributed by atoms with van der Waals surface area (Å²) in [5.41, 5.74) is 5.79. The summed E-state index contributed by atoms with van der Waals surface area (Å²) >= 11 is 0. The molecule has 3 aromatic rings. The number of para-hydroxylation sites is 1. The Bertz CT molecular complexity index is 1200. The minimum atomic E-state index is -0.0513. The van der Waals surface area contributed by atoms with Crippen LogP contribution in [0.5, 0.6) is 0 Å². The number of hydrogen-bond donors (Lipinski definition) is 3. The highest BCUT2D eigenvalue weighted by molar-refractivity contribution is 6.22. The van der Waals surface area contributed by atoms with Crippen molar-refractivity contribution in [1.82, 2.24) is 4.90 Å². The lowest BCUT2D eigenvalue weighted by Gasteiger charge is -2.32. The fraction of sp³-hybridized carbons (Fsp3) is 0.259. The topological polar surface area (TPSA) is 81.7 Å². The van der Waals surface area contributed by atoms with Crippen molar-refractivity contribution in [3.05, 3.63) is 83.4 Å². The van der Waals surface area contributed by atoms with Crippen molar-refractivity contribution in [1.29, 1.82) is 0 Å². The van der Waals surface area contributed by atoms with Crippen molar-refractivity contribution in [2.45, 2.75) is 25.5 Å². The number of aliphatic hydroxyl groups is 1. The van der Waals surface area contributed by atoms with Gasteiger partial charge in [-0.3, -0.25) is 14.5 Å². The Hall–Kier alpha value is -3.48. The van der Waals surface area contributed by atoms with Crippen molar-refractivity contribution in [2.75, 3.05) is 30.3 Å². The Kier molecular flexibility index (Phi) is 5.94. The molecule has 0 unspecified atom stereocenters. The Balaban J connectivity index is 1.16. The molecule has 0 bridgehead atoms. The minimum Gasteiger partial charge on any atom is -0.392 e. The molecule has 0 atom stereocenters. The molecule has 1 aliphatic heterocycles. The van der Waals surface area contributed by atoms with E-state index in [2.05, 4.69) is 15.5 Å². The van der Waals surface area contributed by atoms with Crippen LogP contribution in [0, 0.1) is 0 Å². The van der Waals surface area contributed by atoms with Crippen LogP contribution in [0.2, 0.25) is 0 Å². The second-order valence-corrected chi connectivity index (χ2v) is 8.69. The van der Waals surface area contributed by atoms with E-state index in [1.807, 2.05) is 54.6 Å². The molecule has 0 radical (unpaired) electrons. The normalized spacial score (nSPS) is 15.7. The molecular formula is C27H27N3O3. The molecule has 1 fully saturated rings. The molecule has 1 heterocycles. The Morgan fingerprint density at radius 1 is 0.909 bits per heavy atom. The molecule has 0 aromatic heterocycles. The van der Waals surface area contributed by atoms with E-state index in [-0.39, 0.29) is 18.3 Å². The first-order chi connectivity index (χ1) is 16.1. The summed E-state index contributed by atoms with van der Waals surface area (Å²) in [7, 11) is 0. The number of rotatable bonds is 6. The van der Waals surface area contributed by atoms with Crippen molar-refractivity contribution in [2.24, 2.45) is 0 Å². The van der Waals surface area contributed by atoms with E-state index in [0.29, 0.717) is 29.4 Å². The van der Waals surface area contributed by atoms with E-state index in [0.717, 1.165) is 48.3 Å². The van der Waals surface area contributed by atoms with Crippen LogP contribution in [0.3, 0.4) is 0 Å². The van der Waals surface area contributed by atoms with E-state index in [1.165, 1.54) is 0 Å². The lowest BCUT2D eigenvalue weighted by Crippen LogP contribution is -2.42. The van der Waals surface area contributed by atoms with Gasteiger partial charge in [0, 0.05) is 47.2 Å². The lowest BCUT2D eigenvalue weighted by atomic mass is 10.0. The molecular weight excluding hydrogens is 414 g/mol. The fourth-order valence-corrected chi connectivity index (χ4v) is 4.76. The molecule has 3 aromatic carbocycles. The van der Waals surface area contributed by atoms with Crippen LogP contribution < -0.4 is 10.6 Å². The maximum atomic E-state index is 12.7. The monoisotopic (exact) mass is 441 g/mol. The number of anilines is 2. The number of nitrogens with zero attached hydrogens (tertiary/aromatic N) is 1. The Morgan fingerprint density at radius 2 is 1.61 bits per heavy atom. The van der Waals surface area contributed by atoms with Crippen LogP contribution in [-0.4, -0.2) is 47.4 Å². The van der Waals surface area contributed by atoms with Gasteiger partial charge in [-0.25, -0.2) is 0 Å². The number of likely N-dealkylation sites (tertiary alicyclic amines) is 1. The van der Waals surface area contributed by atoms with Gasteiger partial charge in [-0.05, 0) is 48.2 Å². The number of aliphatic hydroxyl groups excluding tert-OH is 1. The molecule has 0 spiro atoms. The average molecular weight is 442 g/mol. The first kappa shape index (κ1) is 21.4. The molecule has 6 nitrogen and oxygen atoms in total. The third kappa shape index (κ3) is 4.40. The molecule has 1 amide bonds. The molecule has 6 heteroatoms. The van der Waals surface area contributed by atoms with E-state index in [4.69, 9.17) is 0 Å². The summed E-state index contributed by atoms with van der Waals surface area (Å²) in [5, 5.41) is 16.0. The minimum absolute atomic E-state index is 0.0185. The smallest absolute Gasteiger partial charge is 0.238 e. The number of ketones is 1. The van der Waals surface area contributed by atoms with Gasteiger partial charge in [-0.1, -0.05) is 42.5 Å². The molecule has 3 N–H and O–H groups in total. The number of piperidine rings is 1. The third-order valence-corrected chi connectivity index (χ3v) is 6.51. The SMILES string of the molecule is O=C(CN1CCC(Nc2ccccc2CO)CC1)Nc1ccc2c(c1)-c1ccccc1C2=O. The number of carbonyl (C=O) groups is 2. The van der Waals surface area contributed by atoms with Gasteiger partial charge in [-0.2, -0.15) is 0 Å². The molecule has 168 valence electrons. The van der Waals surface area contributed by atoms with Crippen LogP contribution >= 0.6 is 0 Å². The molecule has 33 heavy (non-hydrogen) atoms. The number of amides is 1. The number of fused-ring (bicyclic) bond motifs is 3. The first-order valence-corrected chi connectivity index (χ1v) is 11.4. The summed E-state index contributed by atoms with van der Waals surface area (Å²) in [6.45, 7) is 2.02. The van der Waals surface area contributed by atoms with Crippen molar-refractivity contribution in [3.63, 3.8) is 0 Å². The van der Waals surface area contributed by atoms with Crippen LogP contribution in [0.1, 0.15) is 34.3 Å². The predicted octanol–water partition coefficient (Wildman–Crippen LogP) is 3.91. The summed E-state index contributed by atoms with van der Waals surface area (Å²) in [6.07, 6.45) is 1.87. The maximum Gasteiger partial charge on any atom is 0.238 e. The molecule has 1 saturated heterocycles. The van der Waals surface area contributed by atoms with Gasteiger partial charge in [0.1, 0.15) is 0 Å². The third-order valence-electron chi connectivity index (χ3n) is 6.51. The number of benzene rings is 3. The number of carbonyl (C=O) groups excluding carboxylic acids is 2. The fourth-order valence-electron chi connectivity index (χ4n) is 4.76. The van der Waals surface area contributed by atoms with Gasteiger partial charge in [0.2, 0.25) is 5.91 Å². The largest absolute Gasteiger partial charge is 0.392 e. The van der Waals surface area contributed by atoms with E-state index in [9.17, 15) is 14.7 Å². The van der Waals surface area contributed by atoms with E-state index < -0.39 is 0 Å². The van der Waals surface area contributed by atoms with Gasteiger partial charge in [-0.15, -0.1) is 0 Å². The number of hydrogen-bond acceptors (Lipinski definition) is 5. The van der Waals surface area contributed by atoms with Gasteiger partial charge >= 0.3 is 0 Å². The summed E-state index contributed by atoms with van der Waals surface area (Å²) in [6, 6.07) is 21.2. The first-order valence-electron chi connectivity index (χ1n) is 11.4. The Morgan fingerprint density at radius 3 is 2.39 bits per heavy atom. The molecule has 1 aliphatic carbocycles. The summed E-state index contributed by atoms with van der Waals surface area (Å²) < 4.78 is 0. The zero-order chi connectivity index (χ0) is 22.8. The summed E-state index contributed by atoms with van der Waals surface area (Å²) in [5.74, 6) is -0.0128. The van der Waals surface area contributed by atoms with Crippen LogP contribution in [0.15, 0.2) is 66.7 Å². The quantitative estimate of drug-likeness (QED) is 0.423. The second kappa shape index (κ2) is 9.17. The highest BCUT2D eigenvalue weighted by Crippen LogP contribution is 2.37. The van der Waals surface area contributed by atoms with Crippen molar-refractivity contribution >= 4 is 23.1 Å². The Labute approximate surface area is 193 Å². The van der Waals surface area contributed by atoms with Gasteiger partial charge in [0.25, 0.3) is 0 Å². The zero-order valence-corrected chi connectivity index (χ0v) is 18.4. The van der Waals surface area contributed by atoms with Gasteiger partial charge < -0.3 is 15.7 Å².